The van der Waals surface area contributed by atoms with Crippen LogP contribution in [0.5, 0.6) is 5.75 Å². The monoisotopic (exact) mass is 274 g/mol. The minimum Gasteiger partial charge on any atom is -0.497 e. The molecule has 1 aliphatic heterocycles. The molecule has 1 heterocycles. The average molecular weight is 274 g/mol. The summed E-state index contributed by atoms with van der Waals surface area (Å²) in [6.45, 7) is 4.89. The number of aryl methyl sites for hydroxylation is 1. The Kier molecular flexibility index (Phi) is 3.99. The highest BCUT2D eigenvalue weighted by Gasteiger charge is 2.35. The van der Waals surface area contributed by atoms with Crippen molar-refractivity contribution >= 4 is 0 Å². The third kappa shape index (κ3) is 2.45. The van der Waals surface area contributed by atoms with Crippen LogP contribution < -0.4 is 10.1 Å². The molecule has 20 heavy (non-hydrogen) atoms. The third-order valence-corrected chi connectivity index (χ3v) is 5.01. The number of likely N-dealkylation sites (N-methyl/N-ethyl adjacent to an activating group) is 1. The highest BCUT2D eigenvalue weighted by molar-refractivity contribution is 5.40. The summed E-state index contributed by atoms with van der Waals surface area (Å²) in [5, 5.41) is 3.56. The van der Waals surface area contributed by atoms with Crippen LogP contribution in [-0.4, -0.2) is 38.2 Å². The number of methoxy groups -OCH3 is 1. The molecule has 3 unspecified atom stereocenters. The summed E-state index contributed by atoms with van der Waals surface area (Å²) in [4.78, 5) is 2.69. The molecule has 3 atom stereocenters. The molecule has 0 amide bonds. The van der Waals surface area contributed by atoms with Crippen LogP contribution >= 0.6 is 0 Å². The van der Waals surface area contributed by atoms with Gasteiger partial charge in [0.25, 0.3) is 0 Å². The molecule has 110 valence electrons. The molecule has 0 radical (unpaired) electrons. The lowest BCUT2D eigenvalue weighted by Gasteiger charge is -2.39. The van der Waals surface area contributed by atoms with Gasteiger partial charge in [-0.2, -0.15) is 0 Å². The van der Waals surface area contributed by atoms with E-state index in [1.165, 1.54) is 43.5 Å². The lowest BCUT2D eigenvalue weighted by atomic mass is 9.83. The Morgan fingerprint density at radius 2 is 2.15 bits per heavy atom. The second-order valence-electron chi connectivity index (χ2n) is 6.33. The molecule has 0 aromatic heterocycles. The van der Waals surface area contributed by atoms with E-state index in [4.69, 9.17) is 4.74 Å². The summed E-state index contributed by atoms with van der Waals surface area (Å²) < 4.78 is 5.36. The van der Waals surface area contributed by atoms with Gasteiger partial charge >= 0.3 is 0 Å². The predicted molar refractivity (Wildman–Crippen MR) is 82.3 cm³/mol. The fraction of sp³-hybridized carbons (Fsp3) is 0.647. The molecule has 1 aromatic rings. The fourth-order valence-corrected chi connectivity index (χ4v) is 3.92. The van der Waals surface area contributed by atoms with Gasteiger partial charge in [-0.05, 0) is 62.0 Å². The molecule has 3 nitrogen and oxygen atoms in total. The normalized spacial score (nSPS) is 30.2. The number of benzene rings is 1. The zero-order chi connectivity index (χ0) is 14.1. The number of nitrogens with one attached hydrogen (secondary N) is 1. The van der Waals surface area contributed by atoms with E-state index in [-0.39, 0.29) is 0 Å². The van der Waals surface area contributed by atoms with Crippen LogP contribution in [0, 0.1) is 5.92 Å². The van der Waals surface area contributed by atoms with Crippen molar-refractivity contribution in [3.05, 3.63) is 29.3 Å². The van der Waals surface area contributed by atoms with Crippen LogP contribution in [0.1, 0.15) is 36.9 Å². The van der Waals surface area contributed by atoms with Crippen LogP contribution in [0.2, 0.25) is 0 Å². The SMILES string of the molecule is CNC1c2ccc(OC)cc2CCC1N1CCC(C)C1. The quantitative estimate of drug-likeness (QED) is 0.917. The van der Waals surface area contributed by atoms with Crippen molar-refractivity contribution in [2.24, 2.45) is 5.92 Å². The van der Waals surface area contributed by atoms with Gasteiger partial charge in [-0.1, -0.05) is 13.0 Å². The van der Waals surface area contributed by atoms with Gasteiger partial charge in [0, 0.05) is 18.6 Å². The molecule has 3 rings (SSSR count). The lowest BCUT2D eigenvalue weighted by molar-refractivity contribution is 0.172. The first kappa shape index (κ1) is 13.9. The molecule has 1 aromatic carbocycles. The van der Waals surface area contributed by atoms with Crippen molar-refractivity contribution in [3.63, 3.8) is 0 Å². The van der Waals surface area contributed by atoms with Crippen LogP contribution in [-0.2, 0) is 6.42 Å². The van der Waals surface area contributed by atoms with Gasteiger partial charge in [-0.25, -0.2) is 0 Å². The number of hydrogen-bond acceptors (Lipinski definition) is 3. The maximum atomic E-state index is 5.36. The molecular weight excluding hydrogens is 248 g/mol. The van der Waals surface area contributed by atoms with E-state index in [0.717, 1.165) is 11.7 Å². The molecular formula is C17H26N2O. The van der Waals surface area contributed by atoms with E-state index in [0.29, 0.717) is 12.1 Å². The third-order valence-electron chi connectivity index (χ3n) is 5.01. The van der Waals surface area contributed by atoms with Gasteiger partial charge < -0.3 is 10.1 Å². The number of ether oxygens (including phenoxy) is 1. The van der Waals surface area contributed by atoms with Gasteiger partial charge in [0.1, 0.15) is 5.75 Å². The number of hydrogen-bond donors (Lipinski definition) is 1. The Hall–Kier alpha value is -1.06. The minimum absolute atomic E-state index is 0.454. The molecule has 1 N–H and O–H groups in total. The summed E-state index contributed by atoms with van der Waals surface area (Å²) in [5.74, 6) is 1.83. The number of nitrogens with zero attached hydrogens (tertiary/aromatic N) is 1. The summed E-state index contributed by atoms with van der Waals surface area (Å²) >= 11 is 0. The lowest BCUT2D eigenvalue weighted by Crippen LogP contribution is -2.45. The first-order chi connectivity index (χ1) is 9.72. The summed E-state index contributed by atoms with van der Waals surface area (Å²) in [5.41, 5.74) is 2.91. The van der Waals surface area contributed by atoms with Crippen molar-refractivity contribution in [3.8, 4) is 5.75 Å². The molecule has 2 aliphatic rings. The maximum absolute atomic E-state index is 5.36. The van der Waals surface area contributed by atoms with E-state index in [2.05, 4.69) is 42.4 Å². The first-order valence-electron chi connectivity index (χ1n) is 7.81. The minimum atomic E-state index is 0.454. The van der Waals surface area contributed by atoms with E-state index in [1.807, 2.05) is 0 Å². The molecule has 0 saturated carbocycles. The Bertz CT molecular complexity index is 474. The van der Waals surface area contributed by atoms with Gasteiger partial charge in [0.15, 0.2) is 0 Å². The zero-order valence-electron chi connectivity index (χ0n) is 12.9. The van der Waals surface area contributed by atoms with Crippen molar-refractivity contribution in [1.82, 2.24) is 10.2 Å². The molecule has 0 bridgehead atoms. The van der Waals surface area contributed by atoms with Crippen molar-refractivity contribution < 1.29 is 4.74 Å². The Morgan fingerprint density at radius 3 is 2.80 bits per heavy atom. The standard InChI is InChI=1S/C17H26N2O/c1-12-8-9-19(11-12)16-7-4-13-10-14(20-3)5-6-15(13)17(16)18-2/h5-6,10,12,16-18H,4,7-9,11H2,1-3H3. The van der Waals surface area contributed by atoms with Gasteiger partial charge in [-0.3, -0.25) is 4.90 Å². The molecule has 0 spiro atoms. The fourth-order valence-electron chi connectivity index (χ4n) is 3.92. The van der Waals surface area contributed by atoms with Crippen LogP contribution in [0.4, 0.5) is 0 Å². The van der Waals surface area contributed by atoms with Crippen molar-refractivity contribution in [2.75, 3.05) is 27.2 Å². The van der Waals surface area contributed by atoms with Crippen LogP contribution in [0.3, 0.4) is 0 Å². The maximum Gasteiger partial charge on any atom is 0.119 e. The van der Waals surface area contributed by atoms with E-state index in [1.54, 1.807) is 7.11 Å². The average Bonchev–Trinajstić information content (AvgIpc) is 2.91. The molecule has 3 heteroatoms. The van der Waals surface area contributed by atoms with Gasteiger partial charge in [-0.15, -0.1) is 0 Å². The summed E-state index contributed by atoms with van der Waals surface area (Å²) in [6.07, 6.45) is 3.76. The van der Waals surface area contributed by atoms with Crippen molar-refractivity contribution in [2.45, 2.75) is 38.3 Å². The van der Waals surface area contributed by atoms with Crippen molar-refractivity contribution in [1.29, 1.82) is 0 Å². The molecule has 1 saturated heterocycles. The zero-order valence-corrected chi connectivity index (χ0v) is 12.9. The Labute approximate surface area is 122 Å². The topological polar surface area (TPSA) is 24.5 Å². The predicted octanol–water partition coefficient (Wildman–Crippen LogP) is 2.61. The highest BCUT2D eigenvalue weighted by atomic mass is 16.5. The van der Waals surface area contributed by atoms with Crippen LogP contribution in [0.25, 0.3) is 0 Å². The highest BCUT2D eigenvalue weighted by Crippen LogP contribution is 2.36. The smallest absolute Gasteiger partial charge is 0.119 e. The van der Waals surface area contributed by atoms with E-state index in [9.17, 15) is 0 Å². The van der Waals surface area contributed by atoms with Crippen LogP contribution in [0.15, 0.2) is 18.2 Å². The number of fused-ring (bicyclic) bond motifs is 1. The summed E-state index contributed by atoms with van der Waals surface area (Å²) in [6, 6.07) is 7.66. The number of rotatable bonds is 3. The summed E-state index contributed by atoms with van der Waals surface area (Å²) in [7, 11) is 3.84. The second-order valence-corrected chi connectivity index (χ2v) is 6.33. The van der Waals surface area contributed by atoms with Gasteiger partial charge in [0.05, 0.1) is 7.11 Å². The Morgan fingerprint density at radius 1 is 1.30 bits per heavy atom. The molecule has 1 fully saturated rings. The molecule has 1 aliphatic carbocycles. The Balaban J connectivity index is 1.86. The van der Waals surface area contributed by atoms with E-state index >= 15 is 0 Å². The largest absolute Gasteiger partial charge is 0.497 e. The van der Waals surface area contributed by atoms with Gasteiger partial charge in [0.2, 0.25) is 0 Å². The first-order valence-corrected chi connectivity index (χ1v) is 7.81. The number of likely N-dealkylation sites (tertiary alicyclic amines) is 1. The second kappa shape index (κ2) is 5.74. The van der Waals surface area contributed by atoms with E-state index < -0.39 is 0 Å².